The van der Waals surface area contributed by atoms with Crippen LogP contribution in [-0.2, 0) is 15.8 Å². The van der Waals surface area contributed by atoms with Crippen molar-refractivity contribution < 1.29 is 27.9 Å². The molecule has 0 saturated heterocycles. The zero-order chi connectivity index (χ0) is 18.1. The molecule has 1 aliphatic carbocycles. The van der Waals surface area contributed by atoms with E-state index < -0.39 is 35.5 Å². The third kappa shape index (κ3) is 3.96. The van der Waals surface area contributed by atoms with Gasteiger partial charge in [-0.3, -0.25) is 9.59 Å². The smallest absolute Gasteiger partial charge is 0.416 e. The molecule has 0 aliphatic heterocycles. The van der Waals surface area contributed by atoms with Gasteiger partial charge in [0.25, 0.3) is 0 Å². The molecule has 24 heavy (non-hydrogen) atoms. The Morgan fingerprint density at radius 2 is 1.71 bits per heavy atom. The van der Waals surface area contributed by atoms with Crippen molar-refractivity contribution in [2.24, 2.45) is 11.8 Å². The van der Waals surface area contributed by atoms with Crippen LogP contribution in [0.5, 0.6) is 0 Å². The SMILES string of the molecule is CC1=C(C)C[C@@H](C(=O)Nc2cccc(C(F)(F)F)c2)[C@H](C(=O)O)C1. The Labute approximate surface area is 137 Å². The van der Waals surface area contributed by atoms with E-state index in [-0.39, 0.29) is 18.5 Å². The molecule has 2 N–H and O–H groups in total. The van der Waals surface area contributed by atoms with Crippen molar-refractivity contribution >= 4 is 17.6 Å². The predicted octanol–water partition coefficient (Wildman–Crippen LogP) is 4.09. The Hall–Kier alpha value is -2.31. The molecule has 1 amide bonds. The van der Waals surface area contributed by atoms with Crippen LogP contribution in [0.25, 0.3) is 0 Å². The van der Waals surface area contributed by atoms with E-state index in [4.69, 9.17) is 0 Å². The van der Waals surface area contributed by atoms with E-state index in [1.54, 1.807) is 0 Å². The summed E-state index contributed by atoms with van der Waals surface area (Å²) in [6.07, 6.45) is -3.96. The van der Waals surface area contributed by atoms with Crippen LogP contribution in [0.3, 0.4) is 0 Å². The first-order chi connectivity index (χ1) is 11.1. The first-order valence-electron chi connectivity index (χ1n) is 7.45. The minimum Gasteiger partial charge on any atom is -0.481 e. The highest BCUT2D eigenvalue weighted by molar-refractivity contribution is 5.95. The first-order valence-corrected chi connectivity index (χ1v) is 7.45. The quantitative estimate of drug-likeness (QED) is 0.814. The van der Waals surface area contributed by atoms with Crippen molar-refractivity contribution in [3.05, 3.63) is 41.0 Å². The molecule has 2 rings (SSSR count). The van der Waals surface area contributed by atoms with Crippen LogP contribution >= 0.6 is 0 Å². The van der Waals surface area contributed by atoms with Crippen LogP contribution in [0.1, 0.15) is 32.3 Å². The van der Waals surface area contributed by atoms with Crippen molar-refractivity contribution in [3.63, 3.8) is 0 Å². The number of allylic oxidation sites excluding steroid dienone is 2. The summed E-state index contributed by atoms with van der Waals surface area (Å²) in [6.45, 7) is 3.66. The van der Waals surface area contributed by atoms with Crippen molar-refractivity contribution in [1.82, 2.24) is 0 Å². The summed E-state index contributed by atoms with van der Waals surface area (Å²) in [4.78, 5) is 23.8. The fraction of sp³-hybridized carbons (Fsp3) is 0.412. The van der Waals surface area contributed by atoms with Gasteiger partial charge in [0.1, 0.15) is 0 Å². The molecule has 0 heterocycles. The summed E-state index contributed by atoms with van der Waals surface area (Å²) in [5.74, 6) is -3.33. The normalized spacial score (nSPS) is 21.5. The van der Waals surface area contributed by atoms with E-state index in [2.05, 4.69) is 5.32 Å². The van der Waals surface area contributed by atoms with Gasteiger partial charge in [0.2, 0.25) is 5.91 Å². The highest BCUT2D eigenvalue weighted by atomic mass is 19.4. The number of rotatable bonds is 3. The summed E-state index contributed by atoms with van der Waals surface area (Å²) < 4.78 is 38.2. The molecule has 0 aromatic heterocycles. The Bertz CT molecular complexity index is 695. The Kier molecular flexibility index (Phi) is 5.01. The molecule has 0 saturated carbocycles. The number of carboxylic acid groups (broad SMARTS) is 1. The second-order valence-electron chi connectivity index (χ2n) is 6.09. The summed E-state index contributed by atoms with van der Waals surface area (Å²) in [5.41, 5.74) is 1.01. The molecule has 0 unspecified atom stereocenters. The second-order valence-corrected chi connectivity index (χ2v) is 6.09. The van der Waals surface area contributed by atoms with E-state index in [1.807, 2.05) is 13.8 Å². The topological polar surface area (TPSA) is 66.4 Å². The van der Waals surface area contributed by atoms with Gasteiger partial charge in [-0.05, 0) is 44.9 Å². The lowest BCUT2D eigenvalue weighted by molar-refractivity contribution is -0.146. The van der Waals surface area contributed by atoms with Gasteiger partial charge in [-0.15, -0.1) is 0 Å². The predicted molar refractivity (Wildman–Crippen MR) is 82.3 cm³/mol. The zero-order valence-electron chi connectivity index (χ0n) is 13.3. The molecule has 0 radical (unpaired) electrons. The molecule has 1 aromatic carbocycles. The Morgan fingerprint density at radius 1 is 1.12 bits per heavy atom. The number of hydrogen-bond donors (Lipinski definition) is 2. The maximum absolute atomic E-state index is 12.7. The minimum absolute atomic E-state index is 0.00268. The molecular weight excluding hydrogens is 323 g/mol. The summed E-state index contributed by atoms with van der Waals surface area (Å²) in [6, 6.07) is 4.29. The lowest BCUT2D eigenvalue weighted by Gasteiger charge is -2.29. The fourth-order valence-corrected chi connectivity index (χ4v) is 2.84. The number of alkyl halides is 3. The number of aliphatic carboxylic acids is 1. The fourth-order valence-electron chi connectivity index (χ4n) is 2.84. The average molecular weight is 341 g/mol. The number of carbonyl (C=O) groups excluding carboxylic acids is 1. The summed E-state index contributed by atoms with van der Waals surface area (Å²) in [5, 5.41) is 11.7. The van der Waals surface area contributed by atoms with Gasteiger partial charge >= 0.3 is 12.1 Å². The summed E-state index contributed by atoms with van der Waals surface area (Å²) >= 11 is 0. The van der Waals surface area contributed by atoms with E-state index in [0.717, 1.165) is 23.3 Å². The van der Waals surface area contributed by atoms with Gasteiger partial charge in [-0.1, -0.05) is 17.2 Å². The third-order valence-electron chi connectivity index (χ3n) is 4.38. The van der Waals surface area contributed by atoms with Crippen LogP contribution in [0, 0.1) is 11.8 Å². The molecule has 0 spiro atoms. The van der Waals surface area contributed by atoms with Gasteiger partial charge < -0.3 is 10.4 Å². The van der Waals surface area contributed by atoms with Gasteiger partial charge in [-0.25, -0.2) is 0 Å². The zero-order valence-corrected chi connectivity index (χ0v) is 13.3. The van der Waals surface area contributed by atoms with E-state index >= 15 is 0 Å². The summed E-state index contributed by atoms with van der Waals surface area (Å²) in [7, 11) is 0. The molecular formula is C17H18F3NO3. The molecule has 2 atom stereocenters. The molecule has 4 nitrogen and oxygen atoms in total. The molecule has 7 heteroatoms. The standard InChI is InChI=1S/C17H18F3NO3/c1-9-6-13(14(16(23)24)7-10(9)2)15(22)21-12-5-3-4-11(8-12)17(18,19)20/h3-5,8,13-14H,6-7H2,1-2H3,(H,21,22)(H,23,24)/t13-,14-/m1/s1. The largest absolute Gasteiger partial charge is 0.481 e. The number of nitrogens with one attached hydrogen (secondary N) is 1. The highest BCUT2D eigenvalue weighted by Gasteiger charge is 2.37. The number of carboxylic acids is 1. The lowest BCUT2D eigenvalue weighted by atomic mass is 9.76. The van der Waals surface area contributed by atoms with Gasteiger partial charge in [-0.2, -0.15) is 13.2 Å². The van der Waals surface area contributed by atoms with Gasteiger partial charge in [0.15, 0.2) is 0 Å². The molecule has 1 aromatic rings. The van der Waals surface area contributed by atoms with Crippen LogP contribution in [0.15, 0.2) is 35.4 Å². The van der Waals surface area contributed by atoms with Crippen LogP contribution in [0.2, 0.25) is 0 Å². The van der Waals surface area contributed by atoms with Crippen molar-refractivity contribution in [2.45, 2.75) is 32.9 Å². The lowest BCUT2D eigenvalue weighted by Crippen LogP contribution is -2.36. The van der Waals surface area contributed by atoms with Crippen LogP contribution in [-0.4, -0.2) is 17.0 Å². The van der Waals surface area contributed by atoms with E-state index in [0.29, 0.717) is 0 Å². The number of hydrogen-bond acceptors (Lipinski definition) is 2. The Morgan fingerprint density at radius 3 is 2.25 bits per heavy atom. The number of halogens is 3. The Balaban J connectivity index is 2.21. The minimum atomic E-state index is -4.51. The van der Waals surface area contributed by atoms with Gasteiger partial charge in [0, 0.05) is 5.69 Å². The number of benzene rings is 1. The molecule has 0 bridgehead atoms. The maximum Gasteiger partial charge on any atom is 0.416 e. The first kappa shape index (κ1) is 18.0. The number of anilines is 1. The van der Waals surface area contributed by atoms with Crippen molar-refractivity contribution in [3.8, 4) is 0 Å². The van der Waals surface area contributed by atoms with E-state index in [9.17, 15) is 27.9 Å². The molecule has 130 valence electrons. The highest BCUT2D eigenvalue weighted by Crippen LogP contribution is 2.35. The average Bonchev–Trinajstić information content (AvgIpc) is 2.48. The third-order valence-corrected chi connectivity index (χ3v) is 4.38. The molecule has 1 aliphatic rings. The molecule has 0 fully saturated rings. The second kappa shape index (κ2) is 6.67. The van der Waals surface area contributed by atoms with Crippen molar-refractivity contribution in [1.29, 1.82) is 0 Å². The monoisotopic (exact) mass is 341 g/mol. The van der Waals surface area contributed by atoms with Crippen LogP contribution < -0.4 is 5.32 Å². The van der Waals surface area contributed by atoms with Gasteiger partial charge in [0.05, 0.1) is 17.4 Å². The number of carbonyl (C=O) groups is 2. The van der Waals surface area contributed by atoms with E-state index in [1.165, 1.54) is 12.1 Å². The van der Waals surface area contributed by atoms with Crippen LogP contribution in [0.4, 0.5) is 18.9 Å². The number of amides is 1. The maximum atomic E-state index is 12.7. The van der Waals surface area contributed by atoms with Crippen molar-refractivity contribution in [2.75, 3.05) is 5.32 Å².